The Kier molecular flexibility index (Phi) is 4.44. The van der Waals surface area contributed by atoms with E-state index < -0.39 is 0 Å². The van der Waals surface area contributed by atoms with Crippen LogP contribution in [0.4, 0.5) is 0 Å². The van der Waals surface area contributed by atoms with Crippen LogP contribution in [-0.2, 0) is 0 Å². The van der Waals surface area contributed by atoms with Crippen molar-refractivity contribution >= 4 is 16.8 Å². The average molecular weight is 348 g/mol. The first-order chi connectivity index (χ1) is 12.7. The second-order valence-electron chi connectivity index (χ2n) is 6.57. The zero-order valence-electron chi connectivity index (χ0n) is 14.3. The van der Waals surface area contributed by atoms with E-state index in [0.29, 0.717) is 11.1 Å². The molecule has 1 heterocycles. The minimum absolute atomic E-state index is 0.0271. The highest BCUT2D eigenvalue weighted by molar-refractivity contribution is 6.06. The number of amides is 1. The number of benzene rings is 2. The summed E-state index contributed by atoms with van der Waals surface area (Å²) in [7, 11) is 0. The minimum Gasteiger partial charge on any atom is -0.488 e. The molecule has 132 valence electrons. The predicted molar refractivity (Wildman–Crippen MR) is 101 cm³/mol. The van der Waals surface area contributed by atoms with Gasteiger partial charge in [0.05, 0.1) is 6.04 Å². The van der Waals surface area contributed by atoms with Gasteiger partial charge in [0.2, 0.25) is 5.56 Å². The number of nitrogens with one attached hydrogen (secondary N) is 2. The number of hydrogen-bond acceptors (Lipinski definition) is 3. The molecular weight excluding hydrogens is 328 g/mol. The Labute approximate surface area is 151 Å². The van der Waals surface area contributed by atoms with Crippen molar-refractivity contribution in [3.05, 3.63) is 76.6 Å². The first-order valence-corrected chi connectivity index (χ1v) is 8.85. The number of rotatable bonds is 4. The van der Waals surface area contributed by atoms with Crippen molar-refractivity contribution < 1.29 is 9.53 Å². The molecular formula is C21H20N2O3. The van der Waals surface area contributed by atoms with Gasteiger partial charge in [-0.3, -0.25) is 9.59 Å². The first-order valence-electron chi connectivity index (χ1n) is 8.85. The summed E-state index contributed by atoms with van der Waals surface area (Å²) in [5, 5.41) is 3.86. The number of carbonyl (C=O) groups excluding carboxylic acids is 1. The van der Waals surface area contributed by atoms with Gasteiger partial charge in [-0.1, -0.05) is 24.3 Å². The van der Waals surface area contributed by atoms with Crippen LogP contribution in [0.15, 0.2) is 65.5 Å². The molecule has 26 heavy (non-hydrogen) atoms. The zero-order valence-corrected chi connectivity index (χ0v) is 14.3. The fourth-order valence-corrected chi connectivity index (χ4v) is 3.54. The summed E-state index contributed by atoms with van der Waals surface area (Å²) in [6.07, 6.45) is 2.80. The molecule has 0 spiro atoms. The monoisotopic (exact) mass is 348 g/mol. The van der Waals surface area contributed by atoms with Crippen LogP contribution in [0, 0.1) is 0 Å². The van der Waals surface area contributed by atoms with E-state index >= 15 is 0 Å². The summed E-state index contributed by atoms with van der Waals surface area (Å²) in [5.74, 6) is 0.678. The predicted octanol–water partition coefficient (Wildman–Crippen LogP) is 3.26. The second kappa shape index (κ2) is 7.04. The van der Waals surface area contributed by atoms with Crippen LogP contribution in [0.1, 0.15) is 29.6 Å². The van der Waals surface area contributed by atoms with Crippen LogP contribution in [0.25, 0.3) is 10.9 Å². The molecule has 1 fully saturated rings. The maximum absolute atomic E-state index is 12.8. The summed E-state index contributed by atoms with van der Waals surface area (Å²) in [5.41, 5.74) is 1.04. The van der Waals surface area contributed by atoms with Crippen LogP contribution < -0.4 is 15.6 Å². The standard InChI is InChI=1S/C21H20N2O3/c24-20-13-12-15-16(8-4-9-17(15)22-20)21(25)23-18-10-5-11-19(18)26-14-6-2-1-3-7-14/h1-4,6-9,12-13,18-19H,5,10-11H2,(H,22,24)(H,23,25). The minimum atomic E-state index is -0.179. The number of ether oxygens (including phenoxy) is 1. The molecule has 5 heteroatoms. The topological polar surface area (TPSA) is 71.2 Å². The molecule has 4 rings (SSSR count). The van der Waals surface area contributed by atoms with Crippen molar-refractivity contribution in [3.8, 4) is 5.75 Å². The lowest BCUT2D eigenvalue weighted by Gasteiger charge is -2.22. The summed E-state index contributed by atoms with van der Waals surface area (Å²) < 4.78 is 6.07. The maximum atomic E-state index is 12.8. The molecule has 1 amide bonds. The number of para-hydroxylation sites is 1. The number of aromatic amines is 1. The molecule has 0 saturated heterocycles. The fraction of sp³-hybridized carbons (Fsp3) is 0.238. The van der Waals surface area contributed by atoms with Crippen molar-refractivity contribution in [1.82, 2.24) is 10.3 Å². The van der Waals surface area contributed by atoms with Crippen molar-refractivity contribution in [2.45, 2.75) is 31.4 Å². The Morgan fingerprint density at radius 1 is 1.00 bits per heavy atom. The molecule has 1 saturated carbocycles. The van der Waals surface area contributed by atoms with Gasteiger partial charge in [-0.2, -0.15) is 0 Å². The molecule has 0 radical (unpaired) electrons. The van der Waals surface area contributed by atoms with Gasteiger partial charge in [-0.25, -0.2) is 0 Å². The Morgan fingerprint density at radius 2 is 1.85 bits per heavy atom. The molecule has 2 aromatic carbocycles. The molecule has 2 atom stereocenters. The zero-order chi connectivity index (χ0) is 17.9. The molecule has 1 aliphatic rings. The van der Waals surface area contributed by atoms with E-state index in [2.05, 4.69) is 10.3 Å². The Balaban J connectivity index is 1.53. The van der Waals surface area contributed by atoms with E-state index in [1.54, 1.807) is 24.3 Å². The maximum Gasteiger partial charge on any atom is 0.252 e. The van der Waals surface area contributed by atoms with Gasteiger partial charge in [0.15, 0.2) is 0 Å². The number of hydrogen-bond donors (Lipinski definition) is 2. The van der Waals surface area contributed by atoms with E-state index in [4.69, 9.17) is 4.74 Å². The van der Waals surface area contributed by atoms with Crippen molar-refractivity contribution in [2.75, 3.05) is 0 Å². The Morgan fingerprint density at radius 3 is 2.69 bits per heavy atom. The van der Waals surface area contributed by atoms with Gasteiger partial charge in [-0.15, -0.1) is 0 Å². The normalized spacial score (nSPS) is 19.4. The lowest BCUT2D eigenvalue weighted by Crippen LogP contribution is -2.42. The molecule has 1 aromatic heterocycles. The molecule has 2 unspecified atom stereocenters. The van der Waals surface area contributed by atoms with Crippen LogP contribution in [0.2, 0.25) is 0 Å². The molecule has 1 aliphatic carbocycles. The number of H-pyrrole nitrogens is 1. The third kappa shape index (κ3) is 3.33. The number of aromatic nitrogens is 1. The molecule has 2 N–H and O–H groups in total. The van der Waals surface area contributed by atoms with Gasteiger partial charge >= 0.3 is 0 Å². The highest BCUT2D eigenvalue weighted by atomic mass is 16.5. The number of carbonyl (C=O) groups is 1. The molecule has 0 aliphatic heterocycles. The SMILES string of the molecule is O=C(NC1CCCC1Oc1ccccc1)c1cccc2[nH]c(=O)ccc12. The molecule has 0 bridgehead atoms. The summed E-state index contributed by atoms with van der Waals surface area (Å²) in [4.78, 5) is 27.1. The van der Waals surface area contributed by atoms with Gasteiger partial charge in [0.1, 0.15) is 11.9 Å². The Hall–Kier alpha value is -3.08. The van der Waals surface area contributed by atoms with Crippen LogP contribution >= 0.6 is 0 Å². The van der Waals surface area contributed by atoms with Gasteiger partial charge in [0, 0.05) is 22.5 Å². The lowest BCUT2D eigenvalue weighted by atomic mass is 10.1. The van der Waals surface area contributed by atoms with E-state index in [9.17, 15) is 9.59 Å². The van der Waals surface area contributed by atoms with Crippen molar-refractivity contribution in [3.63, 3.8) is 0 Å². The van der Waals surface area contributed by atoms with Gasteiger partial charge < -0.3 is 15.0 Å². The molecule has 5 nitrogen and oxygen atoms in total. The van der Waals surface area contributed by atoms with E-state index in [1.165, 1.54) is 6.07 Å². The first kappa shape index (κ1) is 16.4. The second-order valence-corrected chi connectivity index (χ2v) is 6.57. The summed E-state index contributed by atoms with van der Waals surface area (Å²) >= 11 is 0. The quantitative estimate of drug-likeness (QED) is 0.760. The third-order valence-corrected chi connectivity index (χ3v) is 4.81. The van der Waals surface area contributed by atoms with Crippen molar-refractivity contribution in [1.29, 1.82) is 0 Å². The van der Waals surface area contributed by atoms with E-state index in [-0.39, 0.29) is 23.6 Å². The third-order valence-electron chi connectivity index (χ3n) is 4.81. The smallest absolute Gasteiger partial charge is 0.252 e. The number of pyridine rings is 1. The van der Waals surface area contributed by atoms with Gasteiger partial charge in [0.25, 0.3) is 5.91 Å². The van der Waals surface area contributed by atoms with Crippen LogP contribution in [0.3, 0.4) is 0 Å². The fourth-order valence-electron chi connectivity index (χ4n) is 3.54. The average Bonchev–Trinajstić information content (AvgIpc) is 3.08. The van der Waals surface area contributed by atoms with Crippen LogP contribution in [-0.4, -0.2) is 23.0 Å². The Bertz CT molecular complexity index is 981. The highest BCUT2D eigenvalue weighted by Crippen LogP contribution is 2.25. The summed E-state index contributed by atoms with van der Waals surface area (Å²) in [6.45, 7) is 0. The van der Waals surface area contributed by atoms with Crippen molar-refractivity contribution in [2.24, 2.45) is 0 Å². The van der Waals surface area contributed by atoms with E-state index in [0.717, 1.165) is 30.4 Å². The number of fused-ring (bicyclic) bond motifs is 1. The molecule has 3 aromatic rings. The largest absolute Gasteiger partial charge is 0.488 e. The van der Waals surface area contributed by atoms with Gasteiger partial charge in [-0.05, 0) is 49.6 Å². The van der Waals surface area contributed by atoms with E-state index in [1.807, 2.05) is 30.3 Å². The highest BCUT2D eigenvalue weighted by Gasteiger charge is 2.30. The lowest BCUT2D eigenvalue weighted by molar-refractivity contribution is 0.0895. The summed E-state index contributed by atoms with van der Waals surface area (Å²) in [6, 6.07) is 18.1. The van der Waals surface area contributed by atoms with Crippen LogP contribution in [0.5, 0.6) is 5.75 Å².